The van der Waals surface area contributed by atoms with Crippen molar-refractivity contribution < 1.29 is 4.79 Å². The predicted molar refractivity (Wildman–Crippen MR) is 81.4 cm³/mol. The highest BCUT2D eigenvalue weighted by molar-refractivity contribution is 5.83. The molecule has 4 nitrogen and oxygen atoms in total. The molecule has 0 bridgehead atoms. The minimum absolute atomic E-state index is 0.000899. The van der Waals surface area contributed by atoms with Crippen LogP contribution in [0.2, 0.25) is 0 Å². The minimum atomic E-state index is -0.560. The van der Waals surface area contributed by atoms with E-state index < -0.39 is 6.04 Å². The first-order valence-corrected chi connectivity index (χ1v) is 7.13. The van der Waals surface area contributed by atoms with E-state index in [1.54, 1.807) is 0 Å². The fourth-order valence-corrected chi connectivity index (χ4v) is 2.54. The average Bonchev–Trinajstić information content (AvgIpc) is 2.41. The Hall–Kier alpha value is -1.39. The van der Waals surface area contributed by atoms with Crippen LogP contribution in [0, 0.1) is 6.92 Å². The van der Waals surface area contributed by atoms with Gasteiger partial charge < -0.3 is 10.6 Å². The zero-order valence-corrected chi connectivity index (χ0v) is 12.9. The summed E-state index contributed by atoms with van der Waals surface area (Å²) in [5, 5.41) is 0. The zero-order chi connectivity index (χ0) is 14.9. The first-order chi connectivity index (χ1) is 9.31. The fraction of sp³-hybridized carbons (Fsp3) is 0.562. The summed E-state index contributed by atoms with van der Waals surface area (Å²) in [4.78, 5) is 16.7. The summed E-state index contributed by atoms with van der Waals surface area (Å²) in [5.74, 6) is 0.0232. The minimum Gasteiger partial charge on any atom is -0.338 e. The Morgan fingerprint density at radius 2 is 1.85 bits per heavy atom. The number of carbonyl (C=O) groups excluding carboxylic acids is 1. The summed E-state index contributed by atoms with van der Waals surface area (Å²) < 4.78 is 0. The number of nitrogens with two attached hydrogens (primary N) is 1. The van der Waals surface area contributed by atoms with E-state index in [0.717, 1.165) is 25.2 Å². The Morgan fingerprint density at radius 3 is 2.40 bits per heavy atom. The van der Waals surface area contributed by atoms with Crippen molar-refractivity contribution in [2.45, 2.75) is 32.4 Å². The van der Waals surface area contributed by atoms with E-state index >= 15 is 0 Å². The van der Waals surface area contributed by atoms with E-state index in [0.29, 0.717) is 0 Å². The van der Waals surface area contributed by atoms with E-state index in [-0.39, 0.29) is 11.4 Å². The first kappa shape index (κ1) is 15.0. The van der Waals surface area contributed by atoms with Crippen LogP contribution in [0.25, 0.3) is 0 Å². The number of amides is 1. The largest absolute Gasteiger partial charge is 0.338 e. The summed E-state index contributed by atoms with van der Waals surface area (Å²) in [6.45, 7) is 8.70. The van der Waals surface area contributed by atoms with Gasteiger partial charge in [-0.15, -0.1) is 0 Å². The number of hydrogen-bond acceptors (Lipinski definition) is 3. The van der Waals surface area contributed by atoms with Crippen LogP contribution in [0.5, 0.6) is 0 Å². The van der Waals surface area contributed by atoms with Crippen LogP contribution in [0.15, 0.2) is 24.3 Å². The standard InChI is InChI=1S/C16H25N3O/c1-12-5-7-13(8-6-12)14(17)15(20)19-10-9-18(4)16(2,3)11-19/h5-8,14H,9-11,17H2,1-4H3. The summed E-state index contributed by atoms with van der Waals surface area (Å²) in [6, 6.07) is 7.32. The normalized spacial score (nSPS) is 20.8. The van der Waals surface area contributed by atoms with Crippen molar-refractivity contribution in [2.24, 2.45) is 5.73 Å². The van der Waals surface area contributed by atoms with Crippen molar-refractivity contribution in [1.82, 2.24) is 9.80 Å². The smallest absolute Gasteiger partial charge is 0.244 e. The van der Waals surface area contributed by atoms with Crippen LogP contribution in [0.4, 0.5) is 0 Å². The molecule has 0 radical (unpaired) electrons. The molecule has 1 aliphatic heterocycles. The molecule has 4 heteroatoms. The SMILES string of the molecule is Cc1ccc(C(N)C(=O)N2CCN(C)C(C)(C)C2)cc1. The predicted octanol–water partition coefficient (Wildman–Crippen LogP) is 1.55. The van der Waals surface area contributed by atoms with Gasteiger partial charge in [0.15, 0.2) is 0 Å². The Labute approximate surface area is 121 Å². The average molecular weight is 275 g/mol. The summed E-state index contributed by atoms with van der Waals surface area (Å²) >= 11 is 0. The van der Waals surface area contributed by atoms with Crippen molar-refractivity contribution in [2.75, 3.05) is 26.7 Å². The molecule has 1 atom stereocenters. The topological polar surface area (TPSA) is 49.6 Å². The van der Waals surface area contributed by atoms with Gasteiger partial charge in [-0.3, -0.25) is 9.69 Å². The highest BCUT2D eigenvalue weighted by atomic mass is 16.2. The van der Waals surface area contributed by atoms with E-state index in [1.165, 1.54) is 5.56 Å². The van der Waals surface area contributed by atoms with Gasteiger partial charge in [0.2, 0.25) is 5.91 Å². The lowest BCUT2D eigenvalue weighted by atomic mass is 9.98. The molecule has 2 N–H and O–H groups in total. The second-order valence-corrected chi connectivity index (χ2v) is 6.38. The van der Waals surface area contributed by atoms with Crippen LogP contribution >= 0.6 is 0 Å². The molecule has 1 unspecified atom stereocenters. The lowest BCUT2D eigenvalue weighted by Gasteiger charge is -2.45. The maximum absolute atomic E-state index is 12.6. The molecule has 0 aliphatic carbocycles. The summed E-state index contributed by atoms with van der Waals surface area (Å²) in [7, 11) is 2.10. The summed E-state index contributed by atoms with van der Waals surface area (Å²) in [6.07, 6.45) is 0. The van der Waals surface area contributed by atoms with Gasteiger partial charge in [-0.25, -0.2) is 0 Å². The third kappa shape index (κ3) is 3.02. The maximum atomic E-state index is 12.6. The monoisotopic (exact) mass is 275 g/mol. The number of carbonyl (C=O) groups is 1. The van der Waals surface area contributed by atoms with E-state index in [4.69, 9.17) is 5.73 Å². The third-order valence-corrected chi connectivity index (χ3v) is 4.33. The second-order valence-electron chi connectivity index (χ2n) is 6.38. The number of benzene rings is 1. The fourth-order valence-electron chi connectivity index (χ4n) is 2.54. The van der Waals surface area contributed by atoms with Crippen molar-refractivity contribution in [3.63, 3.8) is 0 Å². The van der Waals surface area contributed by atoms with Gasteiger partial charge in [0.25, 0.3) is 0 Å². The number of nitrogens with zero attached hydrogens (tertiary/aromatic N) is 2. The molecule has 1 saturated heterocycles. The molecule has 1 fully saturated rings. The highest BCUT2D eigenvalue weighted by Gasteiger charge is 2.34. The van der Waals surface area contributed by atoms with Crippen molar-refractivity contribution in [3.05, 3.63) is 35.4 Å². The molecule has 20 heavy (non-hydrogen) atoms. The van der Waals surface area contributed by atoms with Gasteiger partial charge in [-0.05, 0) is 33.4 Å². The molecule has 0 aromatic heterocycles. The van der Waals surface area contributed by atoms with Crippen LogP contribution < -0.4 is 5.73 Å². The van der Waals surface area contributed by atoms with Crippen LogP contribution in [0.1, 0.15) is 31.0 Å². The first-order valence-electron chi connectivity index (χ1n) is 7.13. The van der Waals surface area contributed by atoms with Gasteiger partial charge in [0, 0.05) is 25.2 Å². The summed E-state index contributed by atoms with van der Waals surface area (Å²) in [5.41, 5.74) is 8.20. The molecule has 1 aliphatic rings. The van der Waals surface area contributed by atoms with Gasteiger partial charge in [-0.1, -0.05) is 29.8 Å². The van der Waals surface area contributed by atoms with Gasteiger partial charge in [-0.2, -0.15) is 0 Å². The lowest BCUT2D eigenvalue weighted by molar-refractivity contribution is -0.137. The number of hydrogen-bond donors (Lipinski definition) is 1. The molecule has 110 valence electrons. The Morgan fingerprint density at radius 1 is 1.25 bits per heavy atom. The van der Waals surface area contributed by atoms with Crippen molar-refractivity contribution in [3.8, 4) is 0 Å². The molecule has 1 amide bonds. The zero-order valence-electron chi connectivity index (χ0n) is 12.9. The number of piperazine rings is 1. The quantitative estimate of drug-likeness (QED) is 0.891. The Balaban J connectivity index is 2.09. The third-order valence-electron chi connectivity index (χ3n) is 4.33. The number of rotatable bonds is 2. The molecule has 1 aromatic rings. The van der Waals surface area contributed by atoms with Crippen LogP contribution in [-0.2, 0) is 4.79 Å². The van der Waals surface area contributed by atoms with Crippen LogP contribution in [-0.4, -0.2) is 47.9 Å². The van der Waals surface area contributed by atoms with Crippen molar-refractivity contribution >= 4 is 5.91 Å². The molecule has 1 aromatic carbocycles. The molecule has 2 rings (SSSR count). The molecule has 0 spiro atoms. The van der Waals surface area contributed by atoms with E-state index in [2.05, 4.69) is 25.8 Å². The van der Waals surface area contributed by atoms with E-state index in [1.807, 2.05) is 36.1 Å². The van der Waals surface area contributed by atoms with E-state index in [9.17, 15) is 4.79 Å². The second kappa shape index (κ2) is 5.54. The number of aryl methyl sites for hydroxylation is 1. The molecular weight excluding hydrogens is 250 g/mol. The Kier molecular flexibility index (Phi) is 4.16. The highest BCUT2D eigenvalue weighted by Crippen LogP contribution is 2.22. The van der Waals surface area contributed by atoms with Gasteiger partial charge in [0.05, 0.1) is 0 Å². The molecular formula is C16H25N3O. The Bertz CT molecular complexity index is 481. The lowest BCUT2D eigenvalue weighted by Crippen LogP contribution is -2.60. The molecule has 1 heterocycles. The van der Waals surface area contributed by atoms with Gasteiger partial charge in [0.1, 0.15) is 6.04 Å². The maximum Gasteiger partial charge on any atom is 0.244 e. The van der Waals surface area contributed by atoms with Gasteiger partial charge >= 0.3 is 0 Å². The number of likely N-dealkylation sites (N-methyl/N-ethyl adjacent to an activating group) is 1. The van der Waals surface area contributed by atoms with Crippen molar-refractivity contribution in [1.29, 1.82) is 0 Å². The molecule has 0 saturated carbocycles. The van der Waals surface area contributed by atoms with Crippen LogP contribution in [0.3, 0.4) is 0 Å².